The number of hydrogen-bond donors (Lipinski definition) is 1. The highest BCUT2D eigenvalue weighted by Gasteiger charge is 2.41. The van der Waals surface area contributed by atoms with Crippen molar-refractivity contribution < 1.29 is 31.1 Å². The van der Waals surface area contributed by atoms with Crippen LogP contribution in [0.25, 0.3) is 0 Å². The van der Waals surface area contributed by atoms with Crippen LogP contribution in [0.1, 0.15) is 66.0 Å². The van der Waals surface area contributed by atoms with Crippen molar-refractivity contribution in [2.24, 2.45) is 0 Å². The number of halogens is 6. The van der Waals surface area contributed by atoms with Gasteiger partial charge in [-0.1, -0.05) is 6.42 Å². The third-order valence-corrected chi connectivity index (χ3v) is 6.18. The largest absolute Gasteiger partial charge is 0.435 e. The van der Waals surface area contributed by atoms with Gasteiger partial charge in [-0.25, -0.2) is 0 Å². The molecule has 0 saturated carbocycles. The van der Waals surface area contributed by atoms with E-state index in [2.05, 4.69) is 15.5 Å². The molecule has 12 heteroatoms. The van der Waals surface area contributed by atoms with E-state index in [0.717, 1.165) is 22.2 Å². The Labute approximate surface area is 186 Å². The number of nitrogens with one attached hydrogen (secondary N) is 1. The zero-order valence-corrected chi connectivity index (χ0v) is 18.0. The van der Waals surface area contributed by atoms with Crippen LogP contribution in [0.2, 0.25) is 0 Å². The Balaban J connectivity index is 1.36. The first-order valence-corrected chi connectivity index (χ1v) is 11.1. The highest BCUT2D eigenvalue weighted by molar-refractivity contribution is 5.75. The molecule has 2 aliphatic carbocycles. The Morgan fingerprint density at radius 3 is 2.30 bits per heavy atom. The second kappa shape index (κ2) is 9.02. The Bertz CT molecular complexity index is 1020. The van der Waals surface area contributed by atoms with Crippen LogP contribution in [0.4, 0.5) is 26.3 Å². The summed E-state index contributed by atoms with van der Waals surface area (Å²) in [5.74, 6) is -0.530. The maximum atomic E-state index is 13.4. The molecule has 0 unspecified atom stereocenters. The molecule has 33 heavy (non-hydrogen) atoms. The van der Waals surface area contributed by atoms with Crippen LogP contribution >= 0.6 is 0 Å². The quantitative estimate of drug-likeness (QED) is 0.388. The summed E-state index contributed by atoms with van der Waals surface area (Å²) < 4.78 is 82.6. The lowest BCUT2D eigenvalue weighted by Crippen LogP contribution is -2.30. The predicted molar refractivity (Wildman–Crippen MR) is 105 cm³/mol. The van der Waals surface area contributed by atoms with Crippen molar-refractivity contribution in [3.8, 4) is 0 Å². The van der Waals surface area contributed by atoms with Crippen molar-refractivity contribution in [1.82, 2.24) is 24.9 Å². The van der Waals surface area contributed by atoms with E-state index >= 15 is 0 Å². The summed E-state index contributed by atoms with van der Waals surface area (Å²) in [5.41, 5.74) is -0.313. The van der Waals surface area contributed by atoms with Crippen LogP contribution in [0, 0.1) is 0 Å². The number of carbonyl (C=O) groups excluding carboxylic acids is 1. The number of carbonyl (C=O) groups is 1. The average Bonchev–Trinajstić information content (AvgIpc) is 3.32. The molecule has 1 amide bonds. The monoisotopic (exact) mass is 477 g/mol. The number of rotatable bonds is 6. The molecule has 0 atom stereocenters. The smallest absolute Gasteiger partial charge is 0.354 e. The van der Waals surface area contributed by atoms with E-state index in [0.29, 0.717) is 43.5 Å². The minimum Gasteiger partial charge on any atom is -0.354 e. The molecule has 2 aliphatic rings. The summed E-state index contributed by atoms with van der Waals surface area (Å²) in [6.07, 6.45) is -4.45. The van der Waals surface area contributed by atoms with Gasteiger partial charge < -0.3 is 5.32 Å². The van der Waals surface area contributed by atoms with Crippen molar-refractivity contribution >= 4 is 5.91 Å². The van der Waals surface area contributed by atoms with E-state index < -0.39 is 29.6 Å². The van der Waals surface area contributed by atoms with Gasteiger partial charge in [-0.15, -0.1) is 0 Å². The Kier molecular flexibility index (Phi) is 6.45. The summed E-state index contributed by atoms with van der Waals surface area (Å²) in [6.45, 7) is -0.296. The molecule has 2 aromatic rings. The Morgan fingerprint density at radius 1 is 0.848 bits per heavy atom. The third kappa shape index (κ3) is 5.03. The van der Waals surface area contributed by atoms with Gasteiger partial charge in [-0.2, -0.15) is 36.5 Å². The van der Waals surface area contributed by atoms with Crippen LogP contribution in [0.5, 0.6) is 0 Å². The summed E-state index contributed by atoms with van der Waals surface area (Å²) in [6, 6.07) is 0. The number of amides is 1. The van der Waals surface area contributed by atoms with Gasteiger partial charge in [-0.05, 0) is 51.4 Å². The lowest BCUT2D eigenvalue weighted by atomic mass is 10.1. The van der Waals surface area contributed by atoms with Gasteiger partial charge in [0.2, 0.25) is 5.91 Å². The van der Waals surface area contributed by atoms with Gasteiger partial charge in [0.25, 0.3) is 0 Å². The van der Waals surface area contributed by atoms with E-state index in [-0.39, 0.29) is 43.6 Å². The second-order valence-electron chi connectivity index (χ2n) is 8.54. The number of fused-ring (bicyclic) bond motifs is 2. The fraction of sp³-hybridized carbons (Fsp3) is 0.667. The molecule has 2 heterocycles. The van der Waals surface area contributed by atoms with Crippen LogP contribution < -0.4 is 5.32 Å². The fourth-order valence-electron chi connectivity index (χ4n) is 4.78. The van der Waals surface area contributed by atoms with E-state index in [4.69, 9.17) is 0 Å². The number of aromatic nitrogens is 4. The van der Waals surface area contributed by atoms with Crippen molar-refractivity contribution in [2.45, 2.75) is 83.2 Å². The molecular formula is C21H25F6N5O. The number of hydrogen-bond acceptors (Lipinski definition) is 3. The first kappa shape index (κ1) is 23.6. The van der Waals surface area contributed by atoms with Crippen LogP contribution in [-0.2, 0) is 55.9 Å². The molecular weight excluding hydrogens is 452 g/mol. The van der Waals surface area contributed by atoms with Crippen LogP contribution in [0.15, 0.2) is 0 Å². The second-order valence-corrected chi connectivity index (χ2v) is 8.54. The molecule has 6 nitrogen and oxygen atoms in total. The van der Waals surface area contributed by atoms with E-state index in [1.54, 1.807) is 0 Å². The van der Waals surface area contributed by atoms with Crippen LogP contribution in [-0.4, -0.2) is 32.0 Å². The summed E-state index contributed by atoms with van der Waals surface area (Å²) in [5, 5.41) is 10.3. The lowest BCUT2D eigenvalue weighted by molar-refractivity contribution is -0.145. The predicted octanol–water partition coefficient (Wildman–Crippen LogP) is 4.08. The first-order chi connectivity index (χ1) is 15.6. The van der Waals surface area contributed by atoms with Gasteiger partial charge in [0, 0.05) is 29.9 Å². The normalized spacial score (nSPS) is 16.4. The molecule has 4 rings (SSSR count). The van der Waals surface area contributed by atoms with E-state index in [1.807, 2.05) is 0 Å². The average molecular weight is 477 g/mol. The highest BCUT2D eigenvalue weighted by Crippen LogP contribution is 2.37. The zero-order chi connectivity index (χ0) is 23.8. The molecule has 0 bridgehead atoms. The maximum Gasteiger partial charge on any atom is 0.435 e. The summed E-state index contributed by atoms with van der Waals surface area (Å²) >= 11 is 0. The van der Waals surface area contributed by atoms with Gasteiger partial charge in [0.05, 0.1) is 5.69 Å². The molecule has 0 spiro atoms. The summed E-state index contributed by atoms with van der Waals surface area (Å²) in [7, 11) is 0. The number of aryl methyl sites for hydroxylation is 2. The lowest BCUT2D eigenvalue weighted by Gasteiger charge is -2.13. The van der Waals surface area contributed by atoms with Crippen molar-refractivity contribution in [2.75, 3.05) is 6.54 Å². The van der Waals surface area contributed by atoms with Crippen molar-refractivity contribution in [1.29, 1.82) is 0 Å². The first-order valence-electron chi connectivity index (χ1n) is 11.1. The van der Waals surface area contributed by atoms with Gasteiger partial charge in [0.1, 0.15) is 12.2 Å². The van der Waals surface area contributed by atoms with Crippen molar-refractivity contribution in [3.05, 3.63) is 33.9 Å². The fourth-order valence-corrected chi connectivity index (χ4v) is 4.78. The zero-order valence-electron chi connectivity index (χ0n) is 18.0. The topological polar surface area (TPSA) is 64.7 Å². The van der Waals surface area contributed by atoms with Crippen molar-refractivity contribution in [3.63, 3.8) is 0 Å². The van der Waals surface area contributed by atoms with Gasteiger partial charge in [0.15, 0.2) is 5.69 Å². The minimum atomic E-state index is -4.59. The molecule has 0 radical (unpaired) electrons. The number of alkyl halides is 6. The SMILES string of the molecule is O=C(Cn1nc(C(F)(F)F)c2c1CCCCC2)NCCCn1nc2c(c1C(F)(F)F)CCC2. The standard InChI is InChI=1S/C21H25F6N5O/c22-20(23,24)18-14-6-2-1-3-9-16(14)32(30-18)12-17(33)28-10-5-11-31-19(21(25,26)27)13-7-4-8-15(13)29-31/h1-12H2,(H,28,33). The molecule has 2 aromatic heterocycles. The molecule has 182 valence electrons. The maximum absolute atomic E-state index is 13.4. The molecule has 0 aromatic carbocycles. The van der Waals surface area contributed by atoms with Gasteiger partial charge in [-0.3, -0.25) is 14.2 Å². The number of nitrogens with zero attached hydrogens (tertiary/aromatic N) is 4. The molecule has 0 fully saturated rings. The van der Waals surface area contributed by atoms with Gasteiger partial charge >= 0.3 is 12.4 Å². The van der Waals surface area contributed by atoms with E-state index in [9.17, 15) is 31.1 Å². The summed E-state index contributed by atoms with van der Waals surface area (Å²) in [4.78, 5) is 12.3. The van der Waals surface area contributed by atoms with Crippen LogP contribution in [0.3, 0.4) is 0 Å². The molecule has 0 saturated heterocycles. The van der Waals surface area contributed by atoms with E-state index in [1.165, 1.54) is 0 Å². The molecule has 1 N–H and O–H groups in total. The highest BCUT2D eigenvalue weighted by atomic mass is 19.4. The minimum absolute atomic E-state index is 0.0164. The third-order valence-electron chi connectivity index (χ3n) is 6.18. The molecule has 0 aliphatic heterocycles. The Hall–Kier alpha value is -2.53. The Morgan fingerprint density at radius 2 is 1.58 bits per heavy atom.